The summed E-state index contributed by atoms with van der Waals surface area (Å²) < 4.78 is 0. The molecule has 1 aliphatic heterocycles. The normalized spacial score (nSPS) is 22.4. The number of anilines is 1. The van der Waals surface area contributed by atoms with Gasteiger partial charge in [0, 0.05) is 12.2 Å². The molecule has 2 unspecified atom stereocenters. The zero-order chi connectivity index (χ0) is 13.7. The van der Waals surface area contributed by atoms with Crippen LogP contribution in [0.4, 0.5) is 5.69 Å². The summed E-state index contributed by atoms with van der Waals surface area (Å²) in [6.45, 7) is 6.05. The molecule has 1 heterocycles. The summed E-state index contributed by atoms with van der Waals surface area (Å²) in [6, 6.07) is 8.25. The van der Waals surface area contributed by atoms with E-state index in [1.165, 1.54) is 18.4 Å². The van der Waals surface area contributed by atoms with E-state index in [1.54, 1.807) is 0 Å². The summed E-state index contributed by atoms with van der Waals surface area (Å²) in [5.74, 6) is 0.655. The van der Waals surface area contributed by atoms with Gasteiger partial charge in [-0.1, -0.05) is 32.4 Å². The first-order valence-corrected chi connectivity index (χ1v) is 7.31. The first-order valence-electron chi connectivity index (χ1n) is 7.31. The fourth-order valence-electron chi connectivity index (χ4n) is 2.53. The SMILES string of the molecule is CCCCc1ccc(NC(=O)C2CNCC2C)cc1. The molecule has 1 amide bonds. The highest BCUT2D eigenvalue weighted by Crippen LogP contribution is 2.19. The summed E-state index contributed by atoms with van der Waals surface area (Å²) in [6.07, 6.45) is 3.55. The van der Waals surface area contributed by atoms with E-state index in [0.717, 1.165) is 25.2 Å². The van der Waals surface area contributed by atoms with E-state index >= 15 is 0 Å². The van der Waals surface area contributed by atoms with Crippen LogP contribution in [0.2, 0.25) is 0 Å². The second-order valence-electron chi connectivity index (χ2n) is 5.53. The van der Waals surface area contributed by atoms with Gasteiger partial charge in [-0.15, -0.1) is 0 Å². The molecule has 2 rings (SSSR count). The minimum Gasteiger partial charge on any atom is -0.326 e. The minimum absolute atomic E-state index is 0.0970. The molecule has 2 N–H and O–H groups in total. The van der Waals surface area contributed by atoms with Crippen LogP contribution in [0.1, 0.15) is 32.3 Å². The van der Waals surface area contributed by atoms with E-state index in [0.29, 0.717) is 5.92 Å². The molecule has 0 aliphatic carbocycles. The minimum atomic E-state index is 0.0970. The second kappa shape index (κ2) is 6.71. The Labute approximate surface area is 115 Å². The number of rotatable bonds is 5. The van der Waals surface area contributed by atoms with Crippen molar-refractivity contribution in [2.45, 2.75) is 33.1 Å². The quantitative estimate of drug-likeness (QED) is 0.854. The third kappa shape index (κ3) is 3.80. The highest BCUT2D eigenvalue weighted by Gasteiger charge is 2.29. The van der Waals surface area contributed by atoms with Crippen molar-refractivity contribution in [3.05, 3.63) is 29.8 Å². The van der Waals surface area contributed by atoms with Crippen LogP contribution in [-0.4, -0.2) is 19.0 Å². The van der Waals surface area contributed by atoms with Crippen molar-refractivity contribution in [2.24, 2.45) is 11.8 Å². The van der Waals surface area contributed by atoms with Crippen LogP contribution in [0.15, 0.2) is 24.3 Å². The van der Waals surface area contributed by atoms with E-state index in [1.807, 2.05) is 12.1 Å². The van der Waals surface area contributed by atoms with Crippen molar-refractivity contribution >= 4 is 11.6 Å². The summed E-state index contributed by atoms with van der Waals surface area (Å²) in [5, 5.41) is 6.28. The smallest absolute Gasteiger partial charge is 0.229 e. The summed E-state index contributed by atoms with van der Waals surface area (Å²) in [7, 11) is 0. The van der Waals surface area contributed by atoms with Gasteiger partial charge in [0.15, 0.2) is 0 Å². The average Bonchev–Trinajstić information content (AvgIpc) is 2.84. The Hall–Kier alpha value is -1.35. The average molecular weight is 260 g/mol. The second-order valence-corrected chi connectivity index (χ2v) is 5.53. The Morgan fingerprint density at radius 1 is 1.32 bits per heavy atom. The predicted octanol–water partition coefficient (Wildman–Crippen LogP) is 2.82. The number of hydrogen-bond donors (Lipinski definition) is 2. The third-order valence-corrected chi connectivity index (χ3v) is 3.89. The lowest BCUT2D eigenvalue weighted by Gasteiger charge is -2.14. The van der Waals surface area contributed by atoms with Crippen LogP contribution in [0, 0.1) is 11.8 Å². The molecule has 2 atom stereocenters. The van der Waals surface area contributed by atoms with Gasteiger partial charge in [0.25, 0.3) is 0 Å². The predicted molar refractivity (Wildman–Crippen MR) is 79.2 cm³/mol. The molecule has 1 saturated heterocycles. The number of nitrogens with one attached hydrogen (secondary N) is 2. The fraction of sp³-hybridized carbons (Fsp3) is 0.562. The number of carbonyl (C=O) groups excluding carboxylic acids is 1. The monoisotopic (exact) mass is 260 g/mol. The van der Waals surface area contributed by atoms with E-state index in [2.05, 4.69) is 36.6 Å². The van der Waals surface area contributed by atoms with E-state index < -0.39 is 0 Å². The van der Waals surface area contributed by atoms with Crippen molar-refractivity contribution in [1.29, 1.82) is 0 Å². The van der Waals surface area contributed by atoms with E-state index in [9.17, 15) is 4.79 Å². The van der Waals surface area contributed by atoms with Gasteiger partial charge in [-0.2, -0.15) is 0 Å². The standard InChI is InChI=1S/C16H24N2O/c1-3-4-5-13-6-8-14(9-7-13)18-16(19)15-11-17-10-12(15)2/h6-9,12,15,17H,3-5,10-11H2,1-2H3,(H,18,19). The Balaban J connectivity index is 1.90. The van der Waals surface area contributed by atoms with Gasteiger partial charge in [0.1, 0.15) is 0 Å². The molecule has 1 aromatic rings. The first-order chi connectivity index (χ1) is 9.20. The molecule has 1 aliphatic rings. The Morgan fingerprint density at radius 3 is 2.63 bits per heavy atom. The fourth-order valence-corrected chi connectivity index (χ4v) is 2.53. The maximum absolute atomic E-state index is 12.1. The number of amides is 1. The van der Waals surface area contributed by atoms with Crippen molar-refractivity contribution in [3.63, 3.8) is 0 Å². The lowest BCUT2D eigenvalue weighted by molar-refractivity contribution is -0.120. The third-order valence-electron chi connectivity index (χ3n) is 3.89. The van der Waals surface area contributed by atoms with Gasteiger partial charge in [0.05, 0.1) is 5.92 Å². The molecule has 3 heteroatoms. The zero-order valence-corrected chi connectivity index (χ0v) is 11.9. The maximum atomic E-state index is 12.1. The van der Waals surface area contributed by atoms with Crippen LogP contribution >= 0.6 is 0 Å². The van der Waals surface area contributed by atoms with Crippen LogP contribution in [-0.2, 0) is 11.2 Å². The zero-order valence-electron chi connectivity index (χ0n) is 11.9. The van der Waals surface area contributed by atoms with Crippen LogP contribution in [0.5, 0.6) is 0 Å². The van der Waals surface area contributed by atoms with Crippen molar-refractivity contribution in [1.82, 2.24) is 5.32 Å². The van der Waals surface area contributed by atoms with E-state index in [-0.39, 0.29) is 11.8 Å². The lowest BCUT2D eigenvalue weighted by atomic mass is 9.97. The number of benzene rings is 1. The molecule has 1 aromatic carbocycles. The maximum Gasteiger partial charge on any atom is 0.229 e. The highest BCUT2D eigenvalue weighted by atomic mass is 16.1. The summed E-state index contributed by atoms with van der Waals surface area (Å²) in [5.41, 5.74) is 2.25. The van der Waals surface area contributed by atoms with Crippen molar-refractivity contribution in [3.8, 4) is 0 Å². The lowest BCUT2D eigenvalue weighted by Crippen LogP contribution is -2.27. The Bertz CT molecular complexity index is 413. The molecule has 0 saturated carbocycles. The van der Waals surface area contributed by atoms with Crippen LogP contribution in [0.25, 0.3) is 0 Å². The molecule has 104 valence electrons. The van der Waals surface area contributed by atoms with E-state index in [4.69, 9.17) is 0 Å². The number of unbranched alkanes of at least 4 members (excludes halogenated alkanes) is 1. The number of aryl methyl sites for hydroxylation is 1. The van der Waals surface area contributed by atoms with Gasteiger partial charge in [0.2, 0.25) is 5.91 Å². The van der Waals surface area contributed by atoms with Gasteiger partial charge in [-0.05, 0) is 43.0 Å². The van der Waals surface area contributed by atoms with Crippen LogP contribution in [0.3, 0.4) is 0 Å². The molecule has 0 aromatic heterocycles. The molecule has 0 bridgehead atoms. The number of hydrogen-bond acceptors (Lipinski definition) is 2. The molecular weight excluding hydrogens is 236 g/mol. The number of carbonyl (C=O) groups is 1. The molecule has 0 spiro atoms. The molecule has 0 radical (unpaired) electrons. The molecule has 19 heavy (non-hydrogen) atoms. The van der Waals surface area contributed by atoms with Crippen molar-refractivity contribution < 1.29 is 4.79 Å². The van der Waals surface area contributed by atoms with Gasteiger partial charge < -0.3 is 10.6 Å². The van der Waals surface area contributed by atoms with Crippen molar-refractivity contribution in [2.75, 3.05) is 18.4 Å². The Kier molecular flexibility index (Phi) is 4.97. The first kappa shape index (κ1) is 14.1. The van der Waals surface area contributed by atoms with Gasteiger partial charge in [-0.25, -0.2) is 0 Å². The van der Waals surface area contributed by atoms with Gasteiger partial charge in [-0.3, -0.25) is 4.79 Å². The van der Waals surface area contributed by atoms with Crippen LogP contribution < -0.4 is 10.6 Å². The Morgan fingerprint density at radius 2 is 2.05 bits per heavy atom. The molecule has 3 nitrogen and oxygen atoms in total. The highest BCUT2D eigenvalue weighted by molar-refractivity contribution is 5.93. The topological polar surface area (TPSA) is 41.1 Å². The van der Waals surface area contributed by atoms with Gasteiger partial charge >= 0.3 is 0 Å². The molecule has 1 fully saturated rings. The largest absolute Gasteiger partial charge is 0.326 e. The summed E-state index contributed by atoms with van der Waals surface area (Å²) in [4.78, 5) is 12.1. The summed E-state index contributed by atoms with van der Waals surface area (Å²) >= 11 is 0. The molecular formula is C16H24N2O.